The highest BCUT2D eigenvalue weighted by atomic mass is 32.1. The molecule has 0 saturated carbocycles. The molecule has 0 unspecified atom stereocenters. The first-order valence-corrected chi connectivity index (χ1v) is 15.2. The maximum atomic E-state index is 5.24. The fourth-order valence-corrected chi connectivity index (χ4v) is 7.38. The molecule has 43 heavy (non-hydrogen) atoms. The summed E-state index contributed by atoms with van der Waals surface area (Å²) in [6.07, 6.45) is 3.82. The summed E-state index contributed by atoms with van der Waals surface area (Å²) in [5.41, 5.74) is 8.42. The van der Waals surface area contributed by atoms with Crippen LogP contribution < -0.4 is 0 Å². The molecule has 0 bridgehead atoms. The van der Waals surface area contributed by atoms with Crippen LogP contribution in [0, 0.1) is 0 Å². The molecule has 9 aromatic rings. The lowest BCUT2D eigenvalue weighted by atomic mass is 9.95. The van der Waals surface area contributed by atoms with Crippen molar-refractivity contribution in [1.82, 2.24) is 15.0 Å². The van der Waals surface area contributed by atoms with E-state index in [0.717, 1.165) is 49.7 Å². The first kappa shape index (κ1) is 24.2. The van der Waals surface area contributed by atoms with Crippen LogP contribution in [0.4, 0.5) is 0 Å². The molecule has 4 heterocycles. The van der Waals surface area contributed by atoms with Crippen molar-refractivity contribution in [2.45, 2.75) is 0 Å². The van der Waals surface area contributed by atoms with E-state index in [2.05, 4.69) is 114 Å². The van der Waals surface area contributed by atoms with Crippen LogP contribution in [0.1, 0.15) is 0 Å². The number of benzene rings is 5. The third-order valence-electron chi connectivity index (χ3n) is 8.35. The first-order valence-electron chi connectivity index (χ1n) is 14.3. The summed E-state index contributed by atoms with van der Waals surface area (Å²) in [5.74, 6) is 0. The van der Waals surface area contributed by atoms with Gasteiger partial charge in [0.15, 0.2) is 0 Å². The fourth-order valence-electron chi connectivity index (χ4n) is 6.27. The van der Waals surface area contributed by atoms with E-state index in [0.29, 0.717) is 0 Å². The second kappa shape index (κ2) is 9.55. The van der Waals surface area contributed by atoms with Crippen LogP contribution in [0.15, 0.2) is 140 Å². The molecule has 5 aromatic carbocycles. The van der Waals surface area contributed by atoms with Gasteiger partial charge in [0.25, 0.3) is 0 Å². The second-order valence-electron chi connectivity index (χ2n) is 10.9. The van der Waals surface area contributed by atoms with E-state index in [9.17, 15) is 0 Å². The summed E-state index contributed by atoms with van der Waals surface area (Å²) in [6, 6.07) is 45.1. The van der Waals surface area contributed by atoms with E-state index < -0.39 is 0 Å². The summed E-state index contributed by atoms with van der Waals surface area (Å²) in [5, 5.41) is 7.08. The lowest BCUT2D eigenvalue weighted by Gasteiger charge is -2.10. The Morgan fingerprint density at radius 3 is 2.00 bits per heavy atom. The topological polar surface area (TPSA) is 38.7 Å². The van der Waals surface area contributed by atoms with E-state index in [4.69, 9.17) is 9.97 Å². The van der Waals surface area contributed by atoms with Crippen molar-refractivity contribution in [2.24, 2.45) is 0 Å². The summed E-state index contributed by atoms with van der Waals surface area (Å²) in [7, 11) is 0. The van der Waals surface area contributed by atoms with Gasteiger partial charge in [0.1, 0.15) is 0 Å². The van der Waals surface area contributed by atoms with Gasteiger partial charge in [0.05, 0.1) is 22.4 Å². The van der Waals surface area contributed by atoms with Gasteiger partial charge in [-0.3, -0.25) is 4.98 Å². The van der Waals surface area contributed by atoms with E-state index in [-0.39, 0.29) is 0 Å². The van der Waals surface area contributed by atoms with Crippen LogP contribution >= 0.6 is 11.3 Å². The van der Waals surface area contributed by atoms with E-state index in [1.54, 1.807) is 0 Å². The van der Waals surface area contributed by atoms with Gasteiger partial charge < -0.3 is 0 Å². The van der Waals surface area contributed by atoms with Crippen LogP contribution in [0.25, 0.3) is 86.4 Å². The smallest absolute Gasteiger partial charge is 0.0972 e. The van der Waals surface area contributed by atoms with Crippen molar-refractivity contribution in [3.05, 3.63) is 140 Å². The quantitative estimate of drug-likeness (QED) is 0.200. The molecule has 0 N–H and O–H groups in total. The molecular formula is C39H23N3S. The molecule has 0 saturated heterocycles. The zero-order valence-electron chi connectivity index (χ0n) is 23.0. The Morgan fingerprint density at radius 2 is 1.19 bits per heavy atom. The molecule has 0 aliphatic heterocycles. The molecule has 200 valence electrons. The normalized spacial score (nSPS) is 11.7. The molecule has 0 amide bonds. The van der Waals surface area contributed by atoms with Crippen molar-refractivity contribution in [3.8, 4) is 33.6 Å². The highest BCUT2D eigenvalue weighted by Gasteiger charge is 2.15. The lowest BCUT2D eigenvalue weighted by Crippen LogP contribution is -1.91. The highest BCUT2D eigenvalue weighted by molar-refractivity contribution is 7.26. The van der Waals surface area contributed by atoms with E-state index >= 15 is 0 Å². The third-order valence-corrected chi connectivity index (χ3v) is 9.49. The summed E-state index contributed by atoms with van der Waals surface area (Å²) in [6.45, 7) is 0. The number of aromatic nitrogens is 3. The SMILES string of the molecule is c1ccc(-c2ccc3ccc4ccc(-c5ccc6sc7cccc(-c8cccc9cnccc89)c7c6c5)nc4c3n2)cc1. The predicted octanol–water partition coefficient (Wildman–Crippen LogP) is 10.7. The van der Waals surface area contributed by atoms with Gasteiger partial charge in [-0.2, -0.15) is 0 Å². The van der Waals surface area contributed by atoms with Crippen molar-refractivity contribution >= 4 is 64.1 Å². The number of nitrogens with zero attached hydrogens (tertiary/aromatic N) is 3. The minimum atomic E-state index is 0.924. The standard InChI is InChI=1S/C39H23N3S/c1-2-6-24(7-3-1)33-17-14-25-12-13-26-15-18-34(42-39(26)38(25)41-33)27-16-19-35-32(22-27)37-31(10-5-11-36(37)43-35)30-9-4-8-28-23-40-21-20-29(28)30/h1-23H. The van der Waals surface area contributed by atoms with Crippen molar-refractivity contribution in [3.63, 3.8) is 0 Å². The van der Waals surface area contributed by atoms with Gasteiger partial charge in [-0.05, 0) is 52.9 Å². The maximum absolute atomic E-state index is 5.24. The molecule has 0 spiro atoms. The van der Waals surface area contributed by atoms with Crippen LogP contribution in [0.3, 0.4) is 0 Å². The molecule has 0 fully saturated rings. The van der Waals surface area contributed by atoms with Gasteiger partial charge in [0.2, 0.25) is 0 Å². The van der Waals surface area contributed by atoms with Crippen LogP contribution in [-0.4, -0.2) is 15.0 Å². The Morgan fingerprint density at radius 1 is 0.465 bits per heavy atom. The van der Waals surface area contributed by atoms with E-state index in [1.807, 2.05) is 41.9 Å². The Balaban J connectivity index is 1.25. The maximum Gasteiger partial charge on any atom is 0.0972 e. The molecule has 4 heteroatoms. The number of hydrogen-bond donors (Lipinski definition) is 0. The number of pyridine rings is 3. The average molecular weight is 566 g/mol. The second-order valence-corrected chi connectivity index (χ2v) is 11.9. The molecule has 3 nitrogen and oxygen atoms in total. The number of rotatable bonds is 3. The van der Waals surface area contributed by atoms with Gasteiger partial charge in [-0.25, -0.2) is 9.97 Å². The monoisotopic (exact) mass is 565 g/mol. The van der Waals surface area contributed by atoms with Crippen molar-refractivity contribution in [1.29, 1.82) is 0 Å². The minimum absolute atomic E-state index is 0.924. The first-order chi connectivity index (χ1) is 21.3. The molecular weight excluding hydrogens is 543 g/mol. The zero-order valence-corrected chi connectivity index (χ0v) is 23.8. The number of fused-ring (bicyclic) bond motifs is 7. The summed E-state index contributed by atoms with van der Waals surface area (Å²) in [4.78, 5) is 14.7. The number of hydrogen-bond acceptors (Lipinski definition) is 4. The summed E-state index contributed by atoms with van der Waals surface area (Å²) < 4.78 is 2.55. The Kier molecular flexibility index (Phi) is 5.37. The summed E-state index contributed by atoms with van der Waals surface area (Å²) >= 11 is 1.84. The zero-order chi connectivity index (χ0) is 28.3. The molecule has 0 radical (unpaired) electrons. The lowest BCUT2D eigenvalue weighted by molar-refractivity contribution is 1.36. The largest absolute Gasteiger partial charge is 0.264 e. The van der Waals surface area contributed by atoms with Gasteiger partial charge >= 0.3 is 0 Å². The Bertz CT molecular complexity index is 2510. The van der Waals surface area contributed by atoms with Gasteiger partial charge in [-0.1, -0.05) is 91.0 Å². The molecule has 9 rings (SSSR count). The molecule has 0 aliphatic carbocycles. The Hall–Kier alpha value is -5.45. The molecule has 4 aromatic heterocycles. The number of thiophene rings is 1. The molecule has 0 atom stereocenters. The predicted molar refractivity (Wildman–Crippen MR) is 182 cm³/mol. The minimum Gasteiger partial charge on any atom is -0.264 e. The highest BCUT2D eigenvalue weighted by Crippen LogP contribution is 2.43. The van der Waals surface area contributed by atoms with Crippen LogP contribution in [-0.2, 0) is 0 Å². The van der Waals surface area contributed by atoms with Gasteiger partial charge in [0, 0.05) is 59.9 Å². The average Bonchev–Trinajstić information content (AvgIpc) is 3.46. The molecule has 0 aliphatic rings. The van der Waals surface area contributed by atoms with Crippen molar-refractivity contribution < 1.29 is 0 Å². The van der Waals surface area contributed by atoms with Crippen LogP contribution in [0.5, 0.6) is 0 Å². The van der Waals surface area contributed by atoms with Crippen molar-refractivity contribution in [2.75, 3.05) is 0 Å². The fraction of sp³-hybridized carbons (Fsp3) is 0. The Labute approximate surface area is 251 Å². The van der Waals surface area contributed by atoms with Gasteiger partial charge in [-0.15, -0.1) is 11.3 Å². The van der Waals surface area contributed by atoms with Crippen LogP contribution in [0.2, 0.25) is 0 Å². The van der Waals surface area contributed by atoms with E-state index in [1.165, 1.54) is 36.7 Å². The third kappa shape index (κ3) is 3.92.